The van der Waals surface area contributed by atoms with Crippen molar-refractivity contribution < 1.29 is 0 Å². The van der Waals surface area contributed by atoms with Crippen molar-refractivity contribution >= 4 is 35.0 Å². The molecule has 1 aromatic carbocycles. The topological polar surface area (TPSA) is 26.0 Å². The van der Waals surface area contributed by atoms with Crippen molar-refractivity contribution in [2.24, 2.45) is 5.73 Å². The lowest BCUT2D eigenvalue weighted by Gasteiger charge is -2.13. The fourth-order valence-electron chi connectivity index (χ4n) is 1.55. The molecule has 0 aromatic heterocycles. The molecule has 86 valence electrons. The summed E-state index contributed by atoms with van der Waals surface area (Å²) in [5.74, 6) is 0. The molecule has 1 aromatic rings. The minimum atomic E-state index is 0. The quantitative estimate of drug-likeness (QED) is 0.628. The first-order chi connectivity index (χ1) is 6.75. The summed E-state index contributed by atoms with van der Waals surface area (Å²) in [4.78, 5) is 0. The van der Waals surface area contributed by atoms with Gasteiger partial charge in [-0.15, -0.1) is 12.4 Å². The Morgan fingerprint density at radius 1 is 1.27 bits per heavy atom. The van der Waals surface area contributed by atoms with Gasteiger partial charge in [0.25, 0.3) is 0 Å². The molecule has 0 saturated heterocycles. The maximum Gasteiger partial charge on any atom is 0.0305 e. The van der Waals surface area contributed by atoms with Crippen LogP contribution in [0.1, 0.15) is 44.2 Å². The third kappa shape index (κ3) is 5.18. The summed E-state index contributed by atoms with van der Waals surface area (Å²) in [6.45, 7) is 2.22. The molecule has 1 nitrogen and oxygen atoms in total. The van der Waals surface area contributed by atoms with Crippen LogP contribution in [0, 0.1) is 3.57 Å². The van der Waals surface area contributed by atoms with Gasteiger partial charge in [0.15, 0.2) is 0 Å². The van der Waals surface area contributed by atoms with Gasteiger partial charge in [-0.05, 0) is 40.6 Å². The van der Waals surface area contributed by atoms with Crippen LogP contribution in [0.15, 0.2) is 24.3 Å². The lowest BCUT2D eigenvalue weighted by Crippen LogP contribution is -2.11. The Labute approximate surface area is 112 Å². The van der Waals surface area contributed by atoms with E-state index in [9.17, 15) is 0 Å². The maximum atomic E-state index is 6.13. The predicted octanol–water partition coefficient (Wildman–Crippen LogP) is 4.29. The van der Waals surface area contributed by atoms with Gasteiger partial charge in [-0.3, -0.25) is 0 Å². The summed E-state index contributed by atoms with van der Waals surface area (Å²) in [7, 11) is 0. The van der Waals surface area contributed by atoms with Gasteiger partial charge in [0.1, 0.15) is 0 Å². The Hall–Kier alpha value is 0.200. The summed E-state index contributed by atoms with van der Waals surface area (Å²) in [5.41, 5.74) is 7.43. The van der Waals surface area contributed by atoms with Crippen molar-refractivity contribution in [3.05, 3.63) is 33.4 Å². The number of hydrogen-bond donors (Lipinski definition) is 1. The highest BCUT2D eigenvalue weighted by atomic mass is 127. The summed E-state index contributed by atoms with van der Waals surface area (Å²) in [5, 5.41) is 0. The average molecular weight is 340 g/mol. The van der Waals surface area contributed by atoms with Crippen LogP contribution in [0.3, 0.4) is 0 Å². The van der Waals surface area contributed by atoms with Gasteiger partial charge >= 0.3 is 0 Å². The van der Waals surface area contributed by atoms with Crippen LogP contribution in [-0.2, 0) is 0 Å². The molecule has 0 bridgehead atoms. The summed E-state index contributed by atoms with van der Waals surface area (Å²) >= 11 is 2.36. The second-order valence-corrected chi connectivity index (χ2v) is 4.79. The second kappa shape index (κ2) is 8.36. The van der Waals surface area contributed by atoms with Crippen LogP contribution in [0.25, 0.3) is 0 Å². The van der Waals surface area contributed by atoms with E-state index in [1.165, 1.54) is 28.4 Å². The van der Waals surface area contributed by atoms with E-state index in [2.05, 4.69) is 53.8 Å². The number of rotatable bonds is 5. The molecular formula is C12H19ClIN. The molecule has 0 amide bonds. The van der Waals surface area contributed by atoms with Crippen LogP contribution >= 0.6 is 35.0 Å². The number of nitrogens with two attached hydrogens (primary N) is 1. The molecule has 3 heteroatoms. The van der Waals surface area contributed by atoms with E-state index in [1.807, 2.05) is 0 Å². The Bertz CT molecular complexity index is 278. The third-order valence-corrected chi connectivity index (χ3v) is 3.41. The van der Waals surface area contributed by atoms with Gasteiger partial charge in [0, 0.05) is 9.61 Å². The van der Waals surface area contributed by atoms with E-state index in [-0.39, 0.29) is 18.4 Å². The van der Waals surface area contributed by atoms with Crippen molar-refractivity contribution in [3.8, 4) is 0 Å². The van der Waals surface area contributed by atoms with Crippen LogP contribution in [-0.4, -0.2) is 0 Å². The molecule has 1 rings (SSSR count). The molecule has 0 unspecified atom stereocenters. The monoisotopic (exact) mass is 339 g/mol. The molecule has 0 aliphatic carbocycles. The minimum absolute atomic E-state index is 0. The standard InChI is InChI=1S/C12H18IN.ClH/c1-2-3-4-9-12(14)10-7-5-6-8-11(10)13;/h5-8,12H,2-4,9,14H2,1H3;1H/t12-;/m1./s1. The molecule has 0 fully saturated rings. The van der Waals surface area contributed by atoms with Crippen molar-refractivity contribution in [1.29, 1.82) is 0 Å². The van der Waals surface area contributed by atoms with Crippen LogP contribution < -0.4 is 5.73 Å². The first kappa shape index (κ1) is 15.2. The fourth-order valence-corrected chi connectivity index (χ4v) is 2.33. The first-order valence-electron chi connectivity index (χ1n) is 5.25. The van der Waals surface area contributed by atoms with Crippen molar-refractivity contribution in [3.63, 3.8) is 0 Å². The lowest BCUT2D eigenvalue weighted by molar-refractivity contribution is 0.579. The Kier molecular flexibility index (Phi) is 8.47. The smallest absolute Gasteiger partial charge is 0.0305 e. The third-order valence-electron chi connectivity index (χ3n) is 2.42. The normalized spacial score (nSPS) is 11.9. The van der Waals surface area contributed by atoms with Crippen LogP contribution in [0.5, 0.6) is 0 Å². The first-order valence-corrected chi connectivity index (χ1v) is 6.33. The van der Waals surface area contributed by atoms with E-state index in [4.69, 9.17) is 5.73 Å². The highest BCUT2D eigenvalue weighted by molar-refractivity contribution is 14.1. The molecule has 0 saturated carbocycles. The Morgan fingerprint density at radius 2 is 1.93 bits per heavy atom. The van der Waals surface area contributed by atoms with E-state index in [1.54, 1.807) is 0 Å². The number of hydrogen-bond acceptors (Lipinski definition) is 1. The number of unbranched alkanes of at least 4 members (excludes halogenated alkanes) is 2. The molecule has 0 spiro atoms. The van der Waals surface area contributed by atoms with Gasteiger partial charge < -0.3 is 5.73 Å². The Morgan fingerprint density at radius 3 is 2.53 bits per heavy atom. The summed E-state index contributed by atoms with van der Waals surface area (Å²) < 4.78 is 1.29. The zero-order valence-electron chi connectivity index (χ0n) is 9.08. The SMILES string of the molecule is CCCCC[C@@H](N)c1ccccc1I.Cl. The molecule has 1 atom stereocenters. The summed E-state index contributed by atoms with van der Waals surface area (Å²) in [6.07, 6.45) is 4.90. The van der Waals surface area contributed by atoms with Gasteiger partial charge in [-0.2, -0.15) is 0 Å². The van der Waals surface area contributed by atoms with Crippen molar-refractivity contribution in [2.75, 3.05) is 0 Å². The van der Waals surface area contributed by atoms with E-state index < -0.39 is 0 Å². The fraction of sp³-hybridized carbons (Fsp3) is 0.500. The number of benzene rings is 1. The van der Waals surface area contributed by atoms with Crippen molar-refractivity contribution in [2.45, 2.75) is 38.6 Å². The van der Waals surface area contributed by atoms with Crippen molar-refractivity contribution in [1.82, 2.24) is 0 Å². The van der Waals surface area contributed by atoms with E-state index >= 15 is 0 Å². The highest BCUT2D eigenvalue weighted by Crippen LogP contribution is 2.22. The minimum Gasteiger partial charge on any atom is -0.324 e. The predicted molar refractivity (Wildman–Crippen MR) is 77.5 cm³/mol. The van der Waals surface area contributed by atoms with Crippen LogP contribution in [0.4, 0.5) is 0 Å². The van der Waals surface area contributed by atoms with Gasteiger partial charge in [-0.25, -0.2) is 0 Å². The summed E-state index contributed by atoms with van der Waals surface area (Å²) in [6, 6.07) is 8.60. The molecular weight excluding hydrogens is 320 g/mol. The van der Waals surface area contributed by atoms with E-state index in [0.29, 0.717) is 0 Å². The molecule has 0 heterocycles. The van der Waals surface area contributed by atoms with E-state index in [0.717, 1.165) is 6.42 Å². The molecule has 0 radical (unpaired) electrons. The maximum absolute atomic E-state index is 6.13. The molecule has 2 N–H and O–H groups in total. The zero-order chi connectivity index (χ0) is 10.4. The molecule has 0 aliphatic rings. The molecule has 0 aliphatic heterocycles. The average Bonchev–Trinajstić information content (AvgIpc) is 2.18. The Balaban J connectivity index is 0.00000196. The van der Waals surface area contributed by atoms with Crippen LogP contribution in [0.2, 0.25) is 0 Å². The lowest BCUT2D eigenvalue weighted by atomic mass is 10.0. The van der Waals surface area contributed by atoms with Gasteiger partial charge in [-0.1, -0.05) is 44.4 Å². The molecule has 15 heavy (non-hydrogen) atoms. The number of halogens is 2. The highest BCUT2D eigenvalue weighted by Gasteiger charge is 2.07. The van der Waals surface area contributed by atoms with Gasteiger partial charge in [0.2, 0.25) is 0 Å². The largest absolute Gasteiger partial charge is 0.324 e. The van der Waals surface area contributed by atoms with Gasteiger partial charge in [0.05, 0.1) is 0 Å². The second-order valence-electron chi connectivity index (χ2n) is 3.62. The zero-order valence-corrected chi connectivity index (χ0v) is 12.1.